The van der Waals surface area contributed by atoms with Crippen LogP contribution in [0.3, 0.4) is 0 Å². The summed E-state index contributed by atoms with van der Waals surface area (Å²) in [4.78, 5) is 41.0. The van der Waals surface area contributed by atoms with Gasteiger partial charge in [-0.1, -0.05) is 62.2 Å². The number of halogens is 2. The number of carbonyl (C=O) groups is 3. The Morgan fingerprint density at radius 2 is 1.47 bits per heavy atom. The topological polar surface area (TPSA) is 75.7 Å². The molecule has 3 aliphatic rings. The molecule has 6 rings (SSSR count). The van der Waals surface area contributed by atoms with E-state index >= 15 is 0 Å². The summed E-state index contributed by atoms with van der Waals surface area (Å²) >= 11 is 7.39. The number of imide groups is 1. The molecule has 8 heteroatoms. The number of hydrogen-bond acceptors (Lipinski definition) is 4. The highest BCUT2D eigenvalue weighted by atomic mass is 79.9. The zero-order valence-electron chi connectivity index (χ0n) is 19.4. The zero-order chi connectivity index (χ0) is 25.1. The second-order valence-electron chi connectivity index (χ2n) is 9.85. The van der Waals surface area contributed by atoms with Crippen molar-refractivity contribution in [1.29, 1.82) is 0 Å². The number of fused-ring (bicyclic) bond motifs is 6. The number of rotatable bonds is 5. The lowest BCUT2D eigenvalue weighted by molar-refractivity contribution is -0.146. The van der Waals surface area contributed by atoms with Crippen LogP contribution >= 0.6 is 31.9 Å². The average Bonchev–Trinajstić information content (AvgIpc) is 3.49. The molecule has 0 radical (unpaired) electrons. The van der Waals surface area contributed by atoms with Crippen LogP contribution in [0.25, 0.3) is 10.8 Å². The van der Waals surface area contributed by atoms with E-state index in [1.165, 1.54) is 4.90 Å². The average molecular weight is 612 g/mol. The van der Waals surface area contributed by atoms with E-state index < -0.39 is 11.9 Å². The van der Waals surface area contributed by atoms with Gasteiger partial charge in [0.25, 0.3) is 0 Å². The first-order valence-electron chi connectivity index (χ1n) is 12.1. The van der Waals surface area contributed by atoms with Gasteiger partial charge in [0, 0.05) is 15.3 Å². The van der Waals surface area contributed by atoms with E-state index in [0.717, 1.165) is 22.9 Å². The number of benzene rings is 3. The third-order valence-electron chi connectivity index (χ3n) is 7.87. The van der Waals surface area contributed by atoms with Gasteiger partial charge in [-0.25, -0.2) is 0 Å². The number of hydrogen-bond donors (Lipinski definition) is 1. The first kappa shape index (κ1) is 23.7. The zero-order valence-corrected chi connectivity index (χ0v) is 22.6. The molecule has 1 N–H and O–H groups in total. The summed E-state index contributed by atoms with van der Waals surface area (Å²) in [6.07, 6.45) is 0.862. The summed E-state index contributed by atoms with van der Waals surface area (Å²) in [6.45, 7) is 1.61. The Hall–Kier alpha value is -2.71. The molecular weight excluding hydrogens is 588 g/mol. The van der Waals surface area contributed by atoms with Crippen LogP contribution in [0.5, 0.6) is 11.5 Å². The summed E-state index contributed by atoms with van der Waals surface area (Å²) in [7, 11) is 0. The third kappa shape index (κ3) is 3.77. The summed E-state index contributed by atoms with van der Waals surface area (Å²) < 4.78 is 5.97. The predicted molar refractivity (Wildman–Crippen MR) is 144 cm³/mol. The summed E-state index contributed by atoms with van der Waals surface area (Å²) in [5, 5.41) is 5.07. The highest BCUT2D eigenvalue weighted by Crippen LogP contribution is 2.60. The van der Waals surface area contributed by atoms with Crippen LogP contribution in [-0.4, -0.2) is 38.3 Å². The maximum atomic E-state index is 13.2. The van der Waals surface area contributed by atoms with Gasteiger partial charge >= 0.3 is 0 Å². The number of likely N-dealkylation sites (tertiary alicyclic amines) is 1. The van der Waals surface area contributed by atoms with Crippen molar-refractivity contribution in [2.75, 3.05) is 5.32 Å². The largest absolute Gasteiger partial charge is 0.457 e. The minimum atomic E-state index is -0.883. The molecule has 7 atom stereocenters. The van der Waals surface area contributed by atoms with E-state index in [-0.39, 0.29) is 45.1 Å². The number of amides is 3. The number of anilines is 1. The molecule has 1 aliphatic heterocycles. The Labute approximate surface area is 225 Å². The number of nitrogens with zero attached hydrogens (tertiary/aromatic N) is 1. The van der Waals surface area contributed by atoms with Crippen molar-refractivity contribution in [2.45, 2.75) is 29.0 Å². The van der Waals surface area contributed by atoms with Crippen molar-refractivity contribution in [3.05, 3.63) is 66.7 Å². The van der Waals surface area contributed by atoms with Gasteiger partial charge in [0.1, 0.15) is 17.5 Å². The second-order valence-corrected chi connectivity index (χ2v) is 12.0. The number of ether oxygens (including phenoxy) is 1. The lowest BCUT2D eigenvalue weighted by Crippen LogP contribution is -2.46. The predicted octanol–water partition coefficient (Wildman–Crippen LogP) is 5.74. The standard InChI is InChI=1S/C28H24Br2N2O4/c1-14(32-27(34)22-20-13-21(23(22)28(32)35)25(30)24(20)29)26(33)31-17-7-10-18(11-8-17)36-19-9-6-15-4-2-3-5-16(15)12-19/h2-12,14,20-25H,13H2,1H3,(H,31,33)/t14-,20-,21-,22-,23+,24+,25+/m1/s1. The fraction of sp³-hybridized carbons (Fsp3) is 0.321. The molecule has 3 aromatic carbocycles. The normalized spacial score (nSPS) is 29.5. The highest BCUT2D eigenvalue weighted by Gasteiger charge is 2.67. The van der Waals surface area contributed by atoms with Crippen LogP contribution in [0.15, 0.2) is 66.7 Å². The van der Waals surface area contributed by atoms with E-state index in [1.54, 1.807) is 31.2 Å². The van der Waals surface area contributed by atoms with Gasteiger partial charge in [-0.3, -0.25) is 19.3 Å². The molecule has 1 saturated heterocycles. The SMILES string of the molecule is C[C@H](C(=O)Nc1ccc(Oc2ccc3ccccc3c2)cc1)N1C(=O)[C@@H]2[C@H]3C[C@@H]([C@H](Br)[C@H]3Br)[C@@H]2C1=O. The Morgan fingerprint density at radius 3 is 2.11 bits per heavy atom. The molecule has 0 spiro atoms. The number of alkyl halides is 2. The summed E-state index contributed by atoms with van der Waals surface area (Å²) in [5.74, 6) is 0.112. The smallest absolute Gasteiger partial charge is 0.247 e. The molecule has 0 aromatic heterocycles. The lowest BCUT2D eigenvalue weighted by atomic mass is 9.81. The maximum Gasteiger partial charge on any atom is 0.247 e. The molecular formula is C28H24Br2N2O4. The van der Waals surface area contributed by atoms with E-state index in [4.69, 9.17) is 4.74 Å². The van der Waals surface area contributed by atoms with Crippen molar-refractivity contribution in [2.24, 2.45) is 23.7 Å². The molecule has 36 heavy (non-hydrogen) atoms. The number of carbonyl (C=O) groups excluding carboxylic acids is 3. The first-order valence-corrected chi connectivity index (χ1v) is 13.9. The van der Waals surface area contributed by atoms with Gasteiger partial charge in [0.2, 0.25) is 17.7 Å². The van der Waals surface area contributed by atoms with Crippen LogP contribution in [0.4, 0.5) is 5.69 Å². The molecule has 1 heterocycles. The van der Waals surface area contributed by atoms with Crippen LogP contribution in [-0.2, 0) is 14.4 Å². The molecule has 3 fully saturated rings. The van der Waals surface area contributed by atoms with E-state index in [9.17, 15) is 14.4 Å². The van der Waals surface area contributed by atoms with Gasteiger partial charge in [0.15, 0.2) is 0 Å². The van der Waals surface area contributed by atoms with Crippen LogP contribution in [0, 0.1) is 23.7 Å². The summed E-state index contributed by atoms with van der Waals surface area (Å²) in [5.41, 5.74) is 0.568. The van der Waals surface area contributed by atoms with Crippen molar-refractivity contribution >= 4 is 66.0 Å². The molecule has 184 valence electrons. The van der Waals surface area contributed by atoms with Gasteiger partial charge in [-0.2, -0.15) is 0 Å². The maximum absolute atomic E-state index is 13.2. The van der Waals surface area contributed by atoms with Crippen molar-refractivity contribution in [3.8, 4) is 11.5 Å². The summed E-state index contributed by atoms with van der Waals surface area (Å²) in [6, 6.07) is 20.1. The molecule has 2 aliphatic carbocycles. The van der Waals surface area contributed by atoms with Crippen LogP contribution in [0.2, 0.25) is 0 Å². The highest BCUT2D eigenvalue weighted by molar-refractivity contribution is 9.12. The minimum absolute atomic E-state index is 0.122. The minimum Gasteiger partial charge on any atom is -0.457 e. The van der Waals surface area contributed by atoms with Crippen molar-refractivity contribution in [3.63, 3.8) is 0 Å². The van der Waals surface area contributed by atoms with Crippen LogP contribution in [0.1, 0.15) is 13.3 Å². The molecule has 6 nitrogen and oxygen atoms in total. The van der Waals surface area contributed by atoms with Crippen LogP contribution < -0.4 is 10.1 Å². The Morgan fingerprint density at radius 1 is 0.889 bits per heavy atom. The quantitative estimate of drug-likeness (QED) is 0.295. The Kier molecular flexibility index (Phi) is 5.91. The van der Waals surface area contributed by atoms with E-state index in [1.807, 2.05) is 42.5 Å². The monoisotopic (exact) mass is 610 g/mol. The Balaban J connectivity index is 1.12. The van der Waals surface area contributed by atoms with Gasteiger partial charge in [-0.15, -0.1) is 0 Å². The van der Waals surface area contributed by atoms with Crippen molar-refractivity contribution in [1.82, 2.24) is 4.90 Å². The number of nitrogens with one attached hydrogen (secondary N) is 1. The fourth-order valence-corrected chi connectivity index (χ4v) is 7.96. The van der Waals surface area contributed by atoms with Crippen molar-refractivity contribution < 1.29 is 19.1 Å². The Bertz CT molecular complexity index is 1350. The molecule has 2 bridgehead atoms. The molecule has 0 unspecified atom stereocenters. The lowest BCUT2D eigenvalue weighted by Gasteiger charge is -2.28. The second kappa shape index (κ2) is 8.99. The third-order valence-corrected chi connectivity index (χ3v) is 11.1. The first-order chi connectivity index (χ1) is 17.3. The molecule has 2 saturated carbocycles. The molecule has 3 aromatic rings. The fourth-order valence-electron chi connectivity index (χ4n) is 6.09. The van der Waals surface area contributed by atoms with Gasteiger partial charge in [0.05, 0.1) is 11.8 Å². The van der Waals surface area contributed by atoms with E-state index in [2.05, 4.69) is 37.2 Å². The van der Waals surface area contributed by atoms with Gasteiger partial charge < -0.3 is 10.1 Å². The van der Waals surface area contributed by atoms with Gasteiger partial charge in [-0.05, 0) is 72.4 Å². The molecule has 3 amide bonds. The van der Waals surface area contributed by atoms with E-state index in [0.29, 0.717) is 11.4 Å².